The Morgan fingerprint density at radius 2 is 1.70 bits per heavy atom. The van der Waals surface area contributed by atoms with Gasteiger partial charge in [0.05, 0.1) is 32.2 Å². The topological polar surface area (TPSA) is 133 Å². The van der Waals surface area contributed by atoms with Gasteiger partial charge >= 0.3 is 0 Å². The lowest BCUT2D eigenvalue weighted by Gasteiger charge is -2.64. The molecule has 1 aromatic rings. The zero-order valence-electron chi connectivity index (χ0n) is 26.0. The summed E-state index contributed by atoms with van der Waals surface area (Å²) in [5, 5.41) is 22.5. The number of carbonyl (C=O) groups is 1. The normalized spacial score (nSPS) is 32.0. The number of aromatic hydroxyl groups is 1. The van der Waals surface area contributed by atoms with E-state index in [2.05, 4.69) is 18.2 Å². The number of phenols is 1. The van der Waals surface area contributed by atoms with Crippen LogP contribution in [0, 0.1) is 5.92 Å². The number of likely N-dealkylation sites (tertiary alicyclic amines) is 1. The van der Waals surface area contributed by atoms with E-state index in [1.165, 1.54) is 57.8 Å². The summed E-state index contributed by atoms with van der Waals surface area (Å²) >= 11 is 0. The van der Waals surface area contributed by atoms with Crippen LogP contribution < -0.4 is 4.74 Å². The van der Waals surface area contributed by atoms with Crippen molar-refractivity contribution in [3.63, 3.8) is 0 Å². The molecule has 1 unspecified atom stereocenters. The van der Waals surface area contributed by atoms with Gasteiger partial charge in [-0.05, 0) is 37.3 Å². The van der Waals surface area contributed by atoms with E-state index in [1.807, 2.05) is 6.07 Å². The first-order valence-electron chi connectivity index (χ1n) is 16.7. The molecule has 43 heavy (non-hydrogen) atoms. The van der Waals surface area contributed by atoms with Crippen LogP contribution in [0.2, 0.25) is 0 Å². The fraction of sp³-hybridized carbons (Fsp3) is 0.788. The number of nitrogens with zero attached hydrogens (tertiary/aromatic N) is 1. The number of ketones is 1. The van der Waals surface area contributed by atoms with Gasteiger partial charge in [0.15, 0.2) is 23.4 Å². The molecule has 2 bridgehead atoms. The predicted molar refractivity (Wildman–Crippen MR) is 162 cm³/mol. The number of aliphatic hydroxyl groups is 1. The Bertz CT molecular complexity index is 1270. The first-order valence-corrected chi connectivity index (χ1v) is 18.0. The van der Waals surface area contributed by atoms with Crippen molar-refractivity contribution >= 4 is 16.2 Å². The van der Waals surface area contributed by atoms with E-state index in [-0.39, 0.29) is 24.2 Å². The number of benzene rings is 1. The van der Waals surface area contributed by atoms with Crippen molar-refractivity contribution in [3.05, 3.63) is 23.3 Å². The average molecular weight is 622 g/mol. The second-order valence-electron chi connectivity index (χ2n) is 14.0. The van der Waals surface area contributed by atoms with Gasteiger partial charge in [0, 0.05) is 30.7 Å². The number of unbranched alkanes of at least 4 members (excludes halogenated alkanes) is 9. The largest absolute Gasteiger partial charge is 0.726 e. The van der Waals surface area contributed by atoms with E-state index in [1.54, 1.807) is 6.07 Å². The number of rotatable bonds is 14. The Hall–Kier alpha value is -1.72. The molecule has 3 fully saturated rings. The molecule has 3 aliphatic carbocycles. The summed E-state index contributed by atoms with van der Waals surface area (Å²) in [4.78, 5) is 12.8. The smallest absolute Gasteiger partial charge is 0.217 e. The van der Waals surface area contributed by atoms with E-state index >= 15 is 0 Å². The van der Waals surface area contributed by atoms with E-state index in [0.717, 1.165) is 60.3 Å². The van der Waals surface area contributed by atoms with Gasteiger partial charge in [0.25, 0.3) is 0 Å². The molecule has 2 heterocycles. The van der Waals surface area contributed by atoms with Crippen LogP contribution in [0.3, 0.4) is 0 Å². The standard InChI is InChI=1S/C21H25NO4.C12H26O4S/c1-22(11-12-2-3-12)9-8-20-17-13-4-5-14(23)18(17)26-19(20)15(24)6-7-21(20,25)16(22)10-13;1-2-3-4-5-6-7-8-9-10-11-12-16-17(13,14)15/h4-5,12,16,19,25H,2-3,6-11H2,1H3;2-12H2,1H3,(H,13,14,15)/t16-,19+,20+,21-,22?;/m1./s1. The van der Waals surface area contributed by atoms with Gasteiger partial charge in [0.1, 0.15) is 11.6 Å². The van der Waals surface area contributed by atoms with E-state index in [0.29, 0.717) is 25.0 Å². The number of hydrogen-bond acceptors (Lipinski definition) is 8. The van der Waals surface area contributed by atoms with Crippen LogP contribution in [-0.2, 0) is 31.2 Å². The molecule has 1 spiro atoms. The Morgan fingerprint density at radius 1 is 1.05 bits per heavy atom. The van der Waals surface area contributed by atoms with Crippen LogP contribution in [0.4, 0.5) is 0 Å². The van der Waals surface area contributed by atoms with Crippen LogP contribution in [0.5, 0.6) is 11.5 Å². The van der Waals surface area contributed by atoms with Gasteiger partial charge in [-0.25, -0.2) is 8.42 Å². The molecule has 0 aromatic heterocycles. The first-order chi connectivity index (χ1) is 20.5. The van der Waals surface area contributed by atoms with Crippen molar-refractivity contribution in [2.24, 2.45) is 5.92 Å². The second kappa shape index (κ2) is 12.9. The molecule has 1 aromatic carbocycles. The van der Waals surface area contributed by atoms with Gasteiger partial charge in [-0.15, -0.1) is 0 Å². The number of piperidine rings is 1. The maximum atomic E-state index is 12.8. The molecule has 0 radical (unpaired) electrons. The number of phenolic OH excluding ortho intramolecular Hbond substituents is 1. The highest BCUT2D eigenvalue weighted by Gasteiger charge is 2.76. The molecule has 1 saturated heterocycles. The Labute approximate surface area is 257 Å². The number of likely N-dealkylation sites (N-methyl/N-ethyl adjacent to an activating group) is 1. The molecule has 5 aliphatic rings. The molecule has 2 N–H and O–H groups in total. The minimum absolute atomic E-state index is 0.0301. The third-order valence-electron chi connectivity index (χ3n) is 11.0. The molecule has 10 heteroatoms. The SMILES string of the molecule is CCCCCCCCCCCCOS(=O)(=O)[O-].C[N+]1(CC2CC2)CC[C@]23c4c5ccc(O)c4O[C@H]2C(=O)CC[C@@]3(O)[C@H]1C5. The first kappa shape index (κ1) is 32.7. The fourth-order valence-electron chi connectivity index (χ4n) is 8.69. The maximum absolute atomic E-state index is 12.8. The number of hydrogen-bond donors (Lipinski definition) is 2. The molecule has 9 nitrogen and oxygen atoms in total. The summed E-state index contributed by atoms with van der Waals surface area (Å²) in [5.74, 6) is 1.42. The maximum Gasteiger partial charge on any atom is 0.217 e. The molecule has 2 aliphatic heterocycles. The van der Waals surface area contributed by atoms with E-state index in [4.69, 9.17) is 4.74 Å². The summed E-state index contributed by atoms with van der Waals surface area (Å²) in [6.45, 7) is 4.33. The van der Waals surface area contributed by atoms with Crippen LogP contribution >= 0.6 is 0 Å². The van der Waals surface area contributed by atoms with Crippen molar-refractivity contribution in [1.82, 2.24) is 0 Å². The van der Waals surface area contributed by atoms with Crippen LogP contribution in [0.1, 0.15) is 114 Å². The van der Waals surface area contributed by atoms with Crippen molar-refractivity contribution in [2.75, 3.05) is 26.7 Å². The number of quaternary nitrogens is 1. The number of ether oxygens (including phenoxy) is 1. The van der Waals surface area contributed by atoms with Crippen molar-refractivity contribution < 1.29 is 41.4 Å². The highest BCUT2D eigenvalue weighted by molar-refractivity contribution is 7.80. The third kappa shape index (κ3) is 6.50. The molecular weight excluding hydrogens is 570 g/mol. The fourth-order valence-corrected chi connectivity index (χ4v) is 9.01. The zero-order chi connectivity index (χ0) is 30.9. The molecule has 5 atom stereocenters. The van der Waals surface area contributed by atoms with Crippen molar-refractivity contribution in [3.8, 4) is 11.5 Å². The Kier molecular flexibility index (Phi) is 9.84. The van der Waals surface area contributed by atoms with Crippen molar-refractivity contribution in [2.45, 2.75) is 133 Å². The lowest BCUT2D eigenvalue weighted by atomic mass is 9.48. The summed E-state index contributed by atoms with van der Waals surface area (Å²) in [6, 6.07) is 3.77. The minimum atomic E-state index is -4.48. The lowest BCUT2D eigenvalue weighted by molar-refractivity contribution is -0.950. The Balaban J connectivity index is 0.000000191. The summed E-state index contributed by atoms with van der Waals surface area (Å²) in [6.07, 6.45) is 16.1. The molecule has 6 rings (SSSR count). The second-order valence-corrected chi connectivity index (χ2v) is 15.1. The lowest BCUT2D eigenvalue weighted by Crippen LogP contribution is -2.80. The summed E-state index contributed by atoms with van der Waals surface area (Å²) in [5.41, 5.74) is 0.492. The van der Waals surface area contributed by atoms with Crippen molar-refractivity contribution in [1.29, 1.82) is 0 Å². The third-order valence-corrected chi connectivity index (χ3v) is 11.5. The summed E-state index contributed by atoms with van der Waals surface area (Å²) < 4.78 is 41.4. The monoisotopic (exact) mass is 621 g/mol. The zero-order valence-corrected chi connectivity index (χ0v) is 26.8. The van der Waals surface area contributed by atoms with Gasteiger partial charge in [0.2, 0.25) is 10.4 Å². The van der Waals surface area contributed by atoms with Gasteiger partial charge in [-0.2, -0.15) is 0 Å². The number of Topliss-reactive ketones (excluding diaryl/α,β-unsaturated/α-hetero) is 1. The van der Waals surface area contributed by atoms with Gasteiger partial charge in [-0.3, -0.25) is 8.98 Å². The average Bonchev–Trinajstić information content (AvgIpc) is 3.68. The molecule has 242 valence electrons. The minimum Gasteiger partial charge on any atom is -0.726 e. The number of carbonyl (C=O) groups excluding carboxylic acids is 1. The summed E-state index contributed by atoms with van der Waals surface area (Å²) in [7, 11) is -2.18. The molecular formula is C33H51NO8S. The van der Waals surface area contributed by atoms with Crippen LogP contribution in [0.15, 0.2) is 12.1 Å². The Morgan fingerprint density at radius 3 is 2.33 bits per heavy atom. The van der Waals surface area contributed by atoms with Gasteiger partial charge in [-0.1, -0.05) is 70.8 Å². The van der Waals surface area contributed by atoms with Crippen LogP contribution in [0.25, 0.3) is 0 Å². The van der Waals surface area contributed by atoms with E-state index < -0.39 is 27.5 Å². The molecule has 2 saturated carbocycles. The highest BCUT2D eigenvalue weighted by atomic mass is 32.3. The predicted octanol–water partition coefficient (Wildman–Crippen LogP) is 5.05. The molecule has 0 amide bonds. The van der Waals surface area contributed by atoms with Gasteiger partial charge < -0.3 is 24.0 Å². The van der Waals surface area contributed by atoms with E-state index in [9.17, 15) is 28.0 Å². The van der Waals surface area contributed by atoms with Crippen LogP contribution in [-0.4, -0.2) is 77.9 Å². The highest BCUT2D eigenvalue weighted by Crippen LogP contribution is 2.65. The quantitative estimate of drug-likeness (QED) is 0.128.